The number of benzene rings is 1. The monoisotopic (exact) mass is 220 g/mol. The lowest BCUT2D eigenvalue weighted by Gasteiger charge is -2.07. The zero-order chi connectivity index (χ0) is 10.4. The third kappa shape index (κ3) is 1.21. The summed E-state index contributed by atoms with van der Waals surface area (Å²) in [4.78, 5) is 4.33. The second kappa shape index (κ2) is 3.10. The van der Waals surface area contributed by atoms with Gasteiger partial charge in [-0.1, -0.05) is 11.3 Å². The van der Waals surface area contributed by atoms with E-state index >= 15 is 0 Å². The first-order valence-electron chi connectivity index (χ1n) is 5.04. The van der Waals surface area contributed by atoms with Crippen molar-refractivity contribution in [2.75, 3.05) is 12.8 Å². The lowest BCUT2D eigenvalue weighted by atomic mass is 10.1. The summed E-state index contributed by atoms with van der Waals surface area (Å²) in [5.41, 5.74) is 9.39. The molecule has 0 aliphatic heterocycles. The van der Waals surface area contributed by atoms with Gasteiger partial charge in [-0.15, -0.1) is 0 Å². The van der Waals surface area contributed by atoms with E-state index < -0.39 is 0 Å². The smallest absolute Gasteiger partial charge is 0.181 e. The van der Waals surface area contributed by atoms with Crippen LogP contribution < -0.4 is 10.5 Å². The van der Waals surface area contributed by atoms with Gasteiger partial charge in [0.05, 0.1) is 11.8 Å². The number of fused-ring (bicyclic) bond motifs is 2. The van der Waals surface area contributed by atoms with E-state index in [9.17, 15) is 0 Å². The number of anilines is 1. The van der Waals surface area contributed by atoms with Gasteiger partial charge in [-0.25, -0.2) is 4.98 Å². The fourth-order valence-electron chi connectivity index (χ4n) is 2.32. The topological polar surface area (TPSA) is 48.1 Å². The van der Waals surface area contributed by atoms with Gasteiger partial charge in [0.15, 0.2) is 5.13 Å². The van der Waals surface area contributed by atoms with Crippen LogP contribution in [0.1, 0.15) is 17.5 Å². The zero-order valence-electron chi connectivity index (χ0n) is 8.54. The molecule has 1 heterocycles. The van der Waals surface area contributed by atoms with Crippen molar-refractivity contribution in [1.29, 1.82) is 0 Å². The summed E-state index contributed by atoms with van der Waals surface area (Å²) in [7, 11) is 1.71. The molecule has 4 heteroatoms. The maximum absolute atomic E-state index is 5.73. The highest BCUT2D eigenvalue weighted by molar-refractivity contribution is 7.22. The van der Waals surface area contributed by atoms with E-state index in [2.05, 4.69) is 11.1 Å². The molecule has 15 heavy (non-hydrogen) atoms. The molecule has 0 radical (unpaired) electrons. The number of thiazole rings is 1. The highest BCUT2D eigenvalue weighted by atomic mass is 32.1. The van der Waals surface area contributed by atoms with Gasteiger partial charge in [-0.3, -0.25) is 0 Å². The SMILES string of the molecule is COc1c2c(cc3sc(N)nc13)CCC2. The van der Waals surface area contributed by atoms with Crippen molar-refractivity contribution >= 4 is 26.7 Å². The molecular formula is C11H12N2OS. The highest BCUT2D eigenvalue weighted by Crippen LogP contribution is 2.39. The van der Waals surface area contributed by atoms with E-state index in [1.807, 2.05) is 0 Å². The highest BCUT2D eigenvalue weighted by Gasteiger charge is 2.20. The van der Waals surface area contributed by atoms with Crippen LogP contribution in [-0.4, -0.2) is 12.1 Å². The van der Waals surface area contributed by atoms with Crippen LogP contribution in [0, 0.1) is 0 Å². The Morgan fingerprint density at radius 1 is 1.47 bits per heavy atom. The van der Waals surface area contributed by atoms with E-state index in [0.29, 0.717) is 5.13 Å². The summed E-state index contributed by atoms with van der Waals surface area (Å²) in [6.07, 6.45) is 3.48. The third-order valence-corrected chi connectivity index (χ3v) is 3.76. The van der Waals surface area contributed by atoms with Gasteiger partial charge >= 0.3 is 0 Å². The Balaban J connectivity index is 2.39. The van der Waals surface area contributed by atoms with Crippen LogP contribution in [0.2, 0.25) is 0 Å². The molecule has 0 saturated heterocycles. The number of methoxy groups -OCH3 is 1. The van der Waals surface area contributed by atoms with Crippen LogP contribution in [-0.2, 0) is 12.8 Å². The van der Waals surface area contributed by atoms with Gasteiger partial charge in [-0.05, 0) is 36.5 Å². The number of ether oxygens (including phenoxy) is 1. The molecule has 0 bridgehead atoms. The first kappa shape index (κ1) is 8.97. The summed E-state index contributed by atoms with van der Waals surface area (Å²) in [5, 5.41) is 0.618. The standard InChI is InChI=1S/C11H12N2OS/c1-14-10-7-4-2-3-6(7)5-8-9(10)13-11(12)15-8/h5H,2-4H2,1H3,(H2,12,13). The number of aromatic nitrogens is 1. The van der Waals surface area contributed by atoms with E-state index in [-0.39, 0.29) is 0 Å². The summed E-state index contributed by atoms with van der Waals surface area (Å²) in [6, 6.07) is 2.22. The molecular weight excluding hydrogens is 208 g/mol. The lowest BCUT2D eigenvalue weighted by molar-refractivity contribution is 0.414. The molecule has 3 rings (SSSR count). The number of rotatable bonds is 1. The molecule has 0 amide bonds. The van der Waals surface area contributed by atoms with Crippen molar-refractivity contribution in [3.63, 3.8) is 0 Å². The maximum atomic E-state index is 5.73. The van der Waals surface area contributed by atoms with Gasteiger partial charge in [-0.2, -0.15) is 0 Å². The molecule has 0 saturated carbocycles. The van der Waals surface area contributed by atoms with Crippen molar-refractivity contribution in [1.82, 2.24) is 4.98 Å². The van der Waals surface area contributed by atoms with Crippen molar-refractivity contribution in [3.8, 4) is 5.75 Å². The van der Waals surface area contributed by atoms with Crippen LogP contribution in [0.3, 0.4) is 0 Å². The number of nitrogens with zero attached hydrogens (tertiary/aromatic N) is 1. The van der Waals surface area contributed by atoms with Crippen molar-refractivity contribution in [2.45, 2.75) is 19.3 Å². The average molecular weight is 220 g/mol. The minimum Gasteiger partial charge on any atom is -0.494 e. The van der Waals surface area contributed by atoms with Gasteiger partial charge in [0, 0.05) is 0 Å². The van der Waals surface area contributed by atoms with Crippen LogP contribution in [0.15, 0.2) is 6.07 Å². The number of hydrogen-bond donors (Lipinski definition) is 1. The quantitative estimate of drug-likeness (QED) is 0.802. The number of nitrogen functional groups attached to an aromatic ring is 1. The van der Waals surface area contributed by atoms with E-state index in [1.54, 1.807) is 7.11 Å². The minimum atomic E-state index is 0.618. The largest absolute Gasteiger partial charge is 0.494 e. The molecule has 3 nitrogen and oxygen atoms in total. The molecule has 2 N–H and O–H groups in total. The molecule has 0 fully saturated rings. The number of nitrogens with two attached hydrogens (primary N) is 1. The van der Waals surface area contributed by atoms with E-state index in [4.69, 9.17) is 10.5 Å². The molecule has 1 aliphatic carbocycles. The minimum absolute atomic E-state index is 0.618. The average Bonchev–Trinajstić information content (AvgIpc) is 2.78. The summed E-state index contributed by atoms with van der Waals surface area (Å²) >= 11 is 1.53. The normalized spacial score (nSPS) is 14.5. The number of hydrogen-bond acceptors (Lipinski definition) is 4. The van der Waals surface area contributed by atoms with Crippen molar-refractivity contribution in [2.24, 2.45) is 0 Å². The van der Waals surface area contributed by atoms with Gasteiger partial charge < -0.3 is 10.5 Å². The fraction of sp³-hybridized carbons (Fsp3) is 0.364. The Bertz CT molecular complexity index is 533. The zero-order valence-corrected chi connectivity index (χ0v) is 9.36. The predicted molar refractivity (Wildman–Crippen MR) is 62.6 cm³/mol. The third-order valence-electron chi connectivity index (χ3n) is 2.93. The second-order valence-corrected chi connectivity index (χ2v) is 4.86. The molecule has 0 atom stereocenters. The van der Waals surface area contributed by atoms with Crippen molar-refractivity contribution < 1.29 is 4.74 Å². The Labute approximate surface area is 91.9 Å². The maximum Gasteiger partial charge on any atom is 0.181 e. The van der Waals surface area contributed by atoms with Crippen LogP contribution in [0.4, 0.5) is 5.13 Å². The van der Waals surface area contributed by atoms with Crippen molar-refractivity contribution in [3.05, 3.63) is 17.2 Å². The summed E-state index contributed by atoms with van der Waals surface area (Å²) < 4.78 is 6.62. The van der Waals surface area contributed by atoms with E-state index in [1.165, 1.54) is 28.9 Å². The first-order chi connectivity index (χ1) is 7.29. The Kier molecular flexibility index (Phi) is 1.85. The summed E-state index contributed by atoms with van der Waals surface area (Å²) in [6.45, 7) is 0. The molecule has 2 aromatic rings. The molecule has 0 spiro atoms. The predicted octanol–water partition coefficient (Wildman–Crippen LogP) is 2.38. The Morgan fingerprint density at radius 3 is 3.13 bits per heavy atom. The molecule has 1 aromatic carbocycles. The van der Waals surface area contributed by atoms with Crippen LogP contribution in [0.25, 0.3) is 10.2 Å². The van der Waals surface area contributed by atoms with Gasteiger partial charge in [0.2, 0.25) is 0 Å². The second-order valence-electron chi connectivity index (χ2n) is 3.80. The fourth-order valence-corrected chi connectivity index (χ4v) is 3.11. The Hall–Kier alpha value is -1.29. The van der Waals surface area contributed by atoms with Crippen LogP contribution in [0.5, 0.6) is 5.75 Å². The summed E-state index contributed by atoms with van der Waals surface area (Å²) in [5.74, 6) is 0.938. The number of aryl methyl sites for hydroxylation is 1. The molecule has 1 aliphatic rings. The molecule has 0 unspecified atom stereocenters. The Morgan fingerprint density at radius 2 is 2.33 bits per heavy atom. The van der Waals surface area contributed by atoms with Gasteiger partial charge in [0.1, 0.15) is 11.3 Å². The molecule has 78 valence electrons. The van der Waals surface area contributed by atoms with Crippen LogP contribution >= 0.6 is 11.3 Å². The molecule has 1 aromatic heterocycles. The van der Waals surface area contributed by atoms with Gasteiger partial charge in [0.25, 0.3) is 0 Å². The lowest BCUT2D eigenvalue weighted by Crippen LogP contribution is -1.92. The van der Waals surface area contributed by atoms with E-state index in [0.717, 1.165) is 28.8 Å². The first-order valence-corrected chi connectivity index (χ1v) is 5.86.